The minimum atomic E-state index is -0.803. The molecule has 5 nitrogen and oxygen atoms in total. The highest BCUT2D eigenvalue weighted by Gasteiger charge is 2.13. The number of amides is 1. The molecule has 0 saturated carbocycles. The number of rotatable bonds is 2. The maximum absolute atomic E-state index is 10.6. The van der Waals surface area contributed by atoms with Gasteiger partial charge < -0.3 is 15.5 Å². The largest absolute Gasteiger partial charge is 0.439 e. The molecule has 0 spiro atoms. The van der Waals surface area contributed by atoms with Crippen molar-refractivity contribution in [1.82, 2.24) is 9.97 Å². The number of carbonyl (C=O) groups is 1. The van der Waals surface area contributed by atoms with Crippen molar-refractivity contribution in [2.45, 2.75) is 13.0 Å². The number of nitrogens with two attached hydrogens (primary N) is 1. The standard InChI is InChI=1S/C10H11N3O2/c1-6(15-10(11)14)9-12-7-4-2-3-5-8(7)13-9/h2-6H,1H3,(H2,11,14)(H,12,13). The van der Waals surface area contributed by atoms with E-state index in [0.29, 0.717) is 5.82 Å². The summed E-state index contributed by atoms with van der Waals surface area (Å²) in [6, 6.07) is 7.59. The molecule has 0 aliphatic carbocycles. The topological polar surface area (TPSA) is 81.0 Å². The van der Waals surface area contributed by atoms with Crippen molar-refractivity contribution >= 4 is 17.1 Å². The molecule has 0 fully saturated rings. The SMILES string of the molecule is CC(OC(N)=O)c1nc2ccccc2[nH]1. The number of primary amides is 1. The van der Waals surface area contributed by atoms with Gasteiger partial charge in [0, 0.05) is 0 Å². The number of hydrogen-bond donors (Lipinski definition) is 2. The molecule has 78 valence electrons. The van der Waals surface area contributed by atoms with Gasteiger partial charge in [-0.3, -0.25) is 0 Å². The fourth-order valence-electron chi connectivity index (χ4n) is 1.40. The van der Waals surface area contributed by atoms with Crippen LogP contribution in [0.5, 0.6) is 0 Å². The van der Waals surface area contributed by atoms with Gasteiger partial charge in [0.15, 0.2) is 6.10 Å². The molecule has 1 unspecified atom stereocenters. The monoisotopic (exact) mass is 205 g/mol. The lowest BCUT2D eigenvalue weighted by molar-refractivity contribution is 0.112. The predicted octanol–water partition coefficient (Wildman–Crippen LogP) is 1.72. The summed E-state index contributed by atoms with van der Waals surface area (Å²) >= 11 is 0. The summed E-state index contributed by atoms with van der Waals surface area (Å²) in [5.74, 6) is 0.593. The van der Waals surface area contributed by atoms with Crippen LogP contribution in [0.25, 0.3) is 11.0 Å². The minimum Gasteiger partial charge on any atom is -0.439 e. The molecule has 15 heavy (non-hydrogen) atoms. The number of hydrogen-bond acceptors (Lipinski definition) is 3. The van der Waals surface area contributed by atoms with Crippen LogP contribution in [0.4, 0.5) is 4.79 Å². The quantitative estimate of drug-likeness (QED) is 0.783. The number of aromatic nitrogens is 2. The zero-order chi connectivity index (χ0) is 10.8. The fraction of sp³-hybridized carbons (Fsp3) is 0.200. The molecule has 1 heterocycles. The summed E-state index contributed by atoms with van der Waals surface area (Å²) in [6.45, 7) is 1.71. The summed E-state index contributed by atoms with van der Waals surface area (Å²) in [5, 5.41) is 0. The van der Waals surface area contributed by atoms with Crippen LogP contribution in [-0.2, 0) is 4.74 Å². The van der Waals surface area contributed by atoms with Crippen LogP contribution in [0.2, 0.25) is 0 Å². The summed E-state index contributed by atoms with van der Waals surface area (Å²) in [7, 11) is 0. The molecule has 0 aliphatic rings. The molecule has 0 bridgehead atoms. The lowest BCUT2D eigenvalue weighted by atomic mass is 10.3. The van der Waals surface area contributed by atoms with E-state index in [4.69, 9.17) is 10.5 Å². The Morgan fingerprint density at radius 1 is 1.53 bits per heavy atom. The van der Waals surface area contributed by atoms with Gasteiger partial charge in [-0.15, -0.1) is 0 Å². The number of ether oxygens (including phenoxy) is 1. The highest BCUT2D eigenvalue weighted by Crippen LogP contribution is 2.17. The Kier molecular flexibility index (Phi) is 2.29. The van der Waals surface area contributed by atoms with E-state index in [9.17, 15) is 4.79 Å². The van der Waals surface area contributed by atoms with Crippen molar-refractivity contribution < 1.29 is 9.53 Å². The Bertz CT molecular complexity index is 459. The Labute approximate surface area is 86.3 Å². The van der Waals surface area contributed by atoms with Gasteiger partial charge in [-0.2, -0.15) is 0 Å². The van der Waals surface area contributed by atoms with Crippen molar-refractivity contribution in [2.24, 2.45) is 5.73 Å². The first-order valence-electron chi connectivity index (χ1n) is 4.57. The minimum absolute atomic E-state index is 0.463. The molecular weight excluding hydrogens is 194 g/mol. The number of carbonyl (C=O) groups excluding carboxylic acids is 1. The van der Waals surface area contributed by atoms with Crippen molar-refractivity contribution in [3.8, 4) is 0 Å². The van der Waals surface area contributed by atoms with E-state index < -0.39 is 12.2 Å². The molecule has 5 heteroatoms. The van der Waals surface area contributed by atoms with Gasteiger partial charge in [0.05, 0.1) is 11.0 Å². The molecule has 0 radical (unpaired) electrons. The Hall–Kier alpha value is -2.04. The zero-order valence-electron chi connectivity index (χ0n) is 8.23. The number of imidazole rings is 1. The molecule has 2 aromatic rings. The number of benzene rings is 1. The third-order valence-corrected chi connectivity index (χ3v) is 2.09. The fourth-order valence-corrected chi connectivity index (χ4v) is 1.40. The molecule has 1 atom stereocenters. The molecular formula is C10H11N3O2. The van der Waals surface area contributed by atoms with Gasteiger partial charge in [-0.1, -0.05) is 12.1 Å². The van der Waals surface area contributed by atoms with Gasteiger partial charge in [0.25, 0.3) is 0 Å². The van der Waals surface area contributed by atoms with Crippen molar-refractivity contribution in [3.63, 3.8) is 0 Å². The Morgan fingerprint density at radius 3 is 2.93 bits per heavy atom. The Balaban J connectivity index is 2.32. The van der Waals surface area contributed by atoms with Crippen LogP contribution in [0.3, 0.4) is 0 Å². The molecule has 3 N–H and O–H groups in total. The van der Waals surface area contributed by atoms with E-state index in [1.54, 1.807) is 6.92 Å². The lowest BCUT2D eigenvalue weighted by Crippen LogP contribution is -2.16. The molecule has 1 amide bonds. The van der Waals surface area contributed by atoms with E-state index in [2.05, 4.69) is 9.97 Å². The number of aromatic amines is 1. The van der Waals surface area contributed by atoms with Gasteiger partial charge in [0.1, 0.15) is 5.82 Å². The normalized spacial score (nSPS) is 12.6. The highest BCUT2D eigenvalue weighted by molar-refractivity contribution is 5.74. The summed E-state index contributed by atoms with van der Waals surface area (Å²) in [4.78, 5) is 17.9. The molecule has 0 aliphatic heterocycles. The summed E-state index contributed by atoms with van der Waals surface area (Å²) in [6.07, 6.45) is -1.27. The lowest BCUT2D eigenvalue weighted by Gasteiger charge is -2.07. The zero-order valence-corrected chi connectivity index (χ0v) is 8.23. The first kappa shape index (κ1) is 9.51. The summed E-state index contributed by atoms with van der Waals surface area (Å²) in [5.41, 5.74) is 6.67. The first-order chi connectivity index (χ1) is 7.16. The van der Waals surface area contributed by atoms with Gasteiger partial charge in [0.2, 0.25) is 0 Å². The van der Waals surface area contributed by atoms with Crippen LogP contribution in [-0.4, -0.2) is 16.1 Å². The second kappa shape index (κ2) is 3.61. The van der Waals surface area contributed by atoms with E-state index in [1.165, 1.54) is 0 Å². The van der Waals surface area contributed by atoms with Crippen LogP contribution in [0.1, 0.15) is 18.9 Å². The van der Waals surface area contributed by atoms with Gasteiger partial charge in [-0.25, -0.2) is 9.78 Å². The summed E-state index contributed by atoms with van der Waals surface area (Å²) < 4.78 is 4.81. The third-order valence-electron chi connectivity index (χ3n) is 2.09. The smallest absolute Gasteiger partial charge is 0.405 e. The maximum atomic E-state index is 10.6. The molecule has 0 saturated heterocycles. The second-order valence-electron chi connectivity index (χ2n) is 3.22. The van der Waals surface area contributed by atoms with E-state index in [0.717, 1.165) is 11.0 Å². The number of nitrogens with zero attached hydrogens (tertiary/aromatic N) is 1. The van der Waals surface area contributed by atoms with Crippen LogP contribution < -0.4 is 5.73 Å². The Morgan fingerprint density at radius 2 is 2.27 bits per heavy atom. The highest BCUT2D eigenvalue weighted by atomic mass is 16.6. The number of H-pyrrole nitrogens is 1. The number of para-hydroxylation sites is 2. The molecule has 1 aromatic heterocycles. The maximum Gasteiger partial charge on any atom is 0.405 e. The van der Waals surface area contributed by atoms with Crippen molar-refractivity contribution in [2.75, 3.05) is 0 Å². The number of fused-ring (bicyclic) bond motifs is 1. The van der Waals surface area contributed by atoms with Crippen molar-refractivity contribution in [1.29, 1.82) is 0 Å². The molecule has 2 rings (SSSR count). The predicted molar refractivity (Wildman–Crippen MR) is 55.2 cm³/mol. The van der Waals surface area contributed by atoms with E-state index >= 15 is 0 Å². The third kappa shape index (κ3) is 1.90. The van der Waals surface area contributed by atoms with E-state index in [1.807, 2.05) is 24.3 Å². The van der Waals surface area contributed by atoms with Gasteiger partial charge in [-0.05, 0) is 19.1 Å². The first-order valence-corrected chi connectivity index (χ1v) is 4.57. The van der Waals surface area contributed by atoms with E-state index in [-0.39, 0.29) is 0 Å². The van der Waals surface area contributed by atoms with Gasteiger partial charge >= 0.3 is 6.09 Å². The van der Waals surface area contributed by atoms with Crippen LogP contribution >= 0.6 is 0 Å². The van der Waals surface area contributed by atoms with Crippen LogP contribution in [0, 0.1) is 0 Å². The molecule has 1 aromatic carbocycles. The second-order valence-corrected chi connectivity index (χ2v) is 3.22. The number of nitrogens with one attached hydrogen (secondary N) is 1. The van der Waals surface area contributed by atoms with Crippen molar-refractivity contribution in [3.05, 3.63) is 30.1 Å². The van der Waals surface area contributed by atoms with Crippen LogP contribution in [0.15, 0.2) is 24.3 Å². The average molecular weight is 205 g/mol. The average Bonchev–Trinajstić information content (AvgIpc) is 2.59.